The van der Waals surface area contributed by atoms with Crippen LogP contribution >= 0.6 is 11.7 Å². The van der Waals surface area contributed by atoms with E-state index < -0.39 is 10.8 Å². The lowest BCUT2D eigenvalue weighted by molar-refractivity contribution is -0.384. The first-order valence-corrected chi connectivity index (χ1v) is 8.64. The average molecular weight is 380 g/mol. The number of para-hydroxylation sites is 1. The molecule has 134 valence electrons. The Hall–Kier alpha value is -3.59. The van der Waals surface area contributed by atoms with Gasteiger partial charge < -0.3 is 9.73 Å². The van der Waals surface area contributed by atoms with Crippen molar-refractivity contribution in [3.05, 3.63) is 70.0 Å². The zero-order chi connectivity index (χ0) is 19.0. The molecule has 27 heavy (non-hydrogen) atoms. The summed E-state index contributed by atoms with van der Waals surface area (Å²) in [5.74, 6) is -0.177. The first kappa shape index (κ1) is 16.9. The van der Waals surface area contributed by atoms with Crippen molar-refractivity contribution < 1.29 is 14.1 Å². The lowest BCUT2D eigenvalue weighted by atomic mass is 10.1. The smallest absolute Gasteiger partial charge is 0.291 e. The molecule has 9 heteroatoms. The van der Waals surface area contributed by atoms with Gasteiger partial charge in [-0.05, 0) is 36.8 Å². The van der Waals surface area contributed by atoms with Crippen LogP contribution in [0, 0.1) is 17.0 Å². The molecule has 1 N–H and O–H groups in total. The van der Waals surface area contributed by atoms with Crippen LogP contribution in [-0.4, -0.2) is 19.6 Å². The molecule has 0 spiro atoms. The zero-order valence-electron chi connectivity index (χ0n) is 14.0. The summed E-state index contributed by atoms with van der Waals surface area (Å²) in [6.45, 7) is 1.86. The van der Waals surface area contributed by atoms with E-state index in [1.165, 1.54) is 18.2 Å². The molecule has 0 fully saturated rings. The van der Waals surface area contributed by atoms with E-state index in [1.54, 1.807) is 18.2 Å². The Bertz CT molecular complexity index is 1180. The minimum atomic E-state index is -0.489. The molecule has 0 aliphatic rings. The Morgan fingerprint density at radius 1 is 1.15 bits per heavy atom. The minimum absolute atomic E-state index is 0.0442. The lowest BCUT2D eigenvalue weighted by Crippen LogP contribution is -2.12. The predicted molar refractivity (Wildman–Crippen MR) is 101 cm³/mol. The number of aryl methyl sites for hydroxylation is 1. The number of carbonyl (C=O) groups is 1. The number of fused-ring (bicyclic) bond motifs is 1. The minimum Gasteiger partial charge on any atom is -0.451 e. The summed E-state index contributed by atoms with van der Waals surface area (Å²) >= 11 is 1.07. The number of rotatable bonds is 4. The van der Waals surface area contributed by atoms with Crippen LogP contribution < -0.4 is 5.32 Å². The van der Waals surface area contributed by atoms with Crippen molar-refractivity contribution in [3.63, 3.8) is 0 Å². The molecule has 0 unspecified atom stereocenters. The van der Waals surface area contributed by atoms with Crippen molar-refractivity contribution in [2.24, 2.45) is 0 Å². The van der Waals surface area contributed by atoms with E-state index in [0.29, 0.717) is 22.3 Å². The van der Waals surface area contributed by atoms with E-state index in [4.69, 9.17) is 4.42 Å². The van der Waals surface area contributed by atoms with E-state index >= 15 is 0 Å². The van der Waals surface area contributed by atoms with Gasteiger partial charge in [0.25, 0.3) is 11.6 Å². The standard InChI is InChI=1S/C18H12N4O4S/c1-10-6-7-12-17(21-27-20-12)16(10)19-18(23)15-9-8-14(26-15)11-4-2-3-5-13(11)22(24)25/h2-9H,1H3,(H,19,23). The summed E-state index contributed by atoms with van der Waals surface area (Å²) in [5, 5.41) is 14.0. The maximum absolute atomic E-state index is 12.6. The van der Waals surface area contributed by atoms with Crippen LogP contribution in [0.5, 0.6) is 0 Å². The molecule has 2 aromatic carbocycles. The Kier molecular flexibility index (Phi) is 4.13. The van der Waals surface area contributed by atoms with Gasteiger partial charge >= 0.3 is 0 Å². The Morgan fingerprint density at radius 2 is 1.96 bits per heavy atom. The van der Waals surface area contributed by atoms with Crippen molar-refractivity contribution in [3.8, 4) is 11.3 Å². The van der Waals surface area contributed by atoms with Crippen molar-refractivity contribution in [1.29, 1.82) is 0 Å². The molecule has 2 heterocycles. The Balaban J connectivity index is 1.66. The number of carbonyl (C=O) groups excluding carboxylic acids is 1. The molecule has 4 rings (SSSR count). The molecule has 0 atom stereocenters. The third-order valence-corrected chi connectivity index (χ3v) is 4.61. The van der Waals surface area contributed by atoms with Crippen LogP contribution in [0.4, 0.5) is 11.4 Å². The predicted octanol–water partition coefficient (Wildman–Crippen LogP) is 4.42. The summed E-state index contributed by atoms with van der Waals surface area (Å²) in [5.41, 5.74) is 2.93. The van der Waals surface area contributed by atoms with Crippen molar-refractivity contribution in [2.45, 2.75) is 6.92 Å². The van der Waals surface area contributed by atoms with Gasteiger partial charge in [0.15, 0.2) is 5.76 Å². The summed E-state index contributed by atoms with van der Waals surface area (Å²) < 4.78 is 14.0. The van der Waals surface area contributed by atoms with Crippen LogP contribution in [-0.2, 0) is 0 Å². The van der Waals surface area contributed by atoms with Crippen LogP contribution in [0.25, 0.3) is 22.4 Å². The van der Waals surface area contributed by atoms with Crippen molar-refractivity contribution in [1.82, 2.24) is 8.75 Å². The van der Waals surface area contributed by atoms with Crippen LogP contribution in [0.2, 0.25) is 0 Å². The van der Waals surface area contributed by atoms with Crippen molar-refractivity contribution in [2.75, 3.05) is 5.32 Å². The fourth-order valence-electron chi connectivity index (χ4n) is 2.73. The van der Waals surface area contributed by atoms with E-state index in [9.17, 15) is 14.9 Å². The molecule has 0 aliphatic carbocycles. The topological polar surface area (TPSA) is 111 Å². The maximum Gasteiger partial charge on any atom is 0.291 e. The molecule has 0 saturated carbocycles. The number of benzene rings is 2. The second-order valence-electron chi connectivity index (χ2n) is 5.78. The quantitative estimate of drug-likeness (QED) is 0.414. The number of amides is 1. The van der Waals surface area contributed by atoms with Crippen molar-refractivity contribution >= 4 is 40.0 Å². The van der Waals surface area contributed by atoms with Gasteiger partial charge in [0.2, 0.25) is 0 Å². The van der Waals surface area contributed by atoms with Gasteiger partial charge in [0.1, 0.15) is 16.8 Å². The first-order chi connectivity index (χ1) is 13.0. The number of nitrogens with zero attached hydrogens (tertiary/aromatic N) is 3. The number of hydrogen-bond acceptors (Lipinski definition) is 7. The van der Waals surface area contributed by atoms with Gasteiger partial charge in [0, 0.05) is 6.07 Å². The zero-order valence-corrected chi connectivity index (χ0v) is 14.8. The van der Waals surface area contributed by atoms with Crippen LogP contribution in [0.1, 0.15) is 16.1 Å². The van der Waals surface area contributed by atoms with Gasteiger partial charge in [-0.3, -0.25) is 14.9 Å². The molecule has 1 amide bonds. The number of nitrogens with one attached hydrogen (secondary N) is 1. The number of furan rings is 1. The highest BCUT2D eigenvalue weighted by Crippen LogP contribution is 2.31. The average Bonchev–Trinajstić information content (AvgIpc) is 3.33. The highest BCUT2D eigenvalue weighted by molar-refractivity contribution is 7.00. The molecule has 8 nitrogen and oxygen atoms in total. The van der Waals surface area contributed by atoms with E-state index in [0.717, 1.165) is 17.3 Å². The second-order valence-corrected chi connectivity index (χ2v) is 6.31. The maximum atomic E-state index is 12.6. The molecule has 0 aliphatic heterocycles. The Morgan fingerprint density at radius 3 is 2.78 bits per heavy atom. The number of nitro benzene ring substituents is 1. The van der Waals surface area contributed by atoms with E-state index in [-0.39, 0.29) is 17.2 Å². The fourth-order valence-corrected chi connectivity index (χ4v) is 3.27. The second kappa shape index (κ2) is 6.61. The molecule has 0 saturated heterocycles. The largest absolute Gasteiger partial charge is 0.451 e. The SMILES string of the molecule is Cc1ccc2nsnc2c1NC(=O)c1ccc(-c2ccccc2[N+](=O)[O-])o1. The molecule has 2 aromatic heterocycles. The van der Waals surface area contributed by atoms with E-state index in [1.807, 2.05) is 19.1 Å². The highest BCUT2D eigenvalue weighted by Gasteiger charge is 2.20. The summed E-state index contributed by atoms with van der Waals surface area (Å²) in [7, 11) is 0. The molecular weight excluding hydrogens is 368 g/mol. The third kappa shape index (κ3) is 3.04. The van der Waals surface area contributed by atoms with Gasteiger partial charge in [-0.1, -0.05) is 18.2 Å². The Labute approximate surface area is 156 Å². The van der Waals surface area contributed by atoms with Gasteiger partial charge in [-0.25, -0.2) is 0 Å². The molecular formula is C18H12N4O4S. The first-order valence-electron chi connectivity index (χ1n) is 7.91. The van der Waals surface area contributed by atoms with Gasteiger partial charge in [-0.15, -0.1) is 0 Å². The number of aromatic nitrogens is 2. The fraction of sp³-hybridized carbons (Fsp3) is 0.0556. The highest BCUT2D eigenvalue weighted by atomic mass is 32.1. The normalized spacial score (nSPS) is 10.9. The number of nitro groups is 1. The molecule has 4 aromatic rings. The van der Waals surface area contributed by atoms with Gasteiger partial charge in [0.05, 0.1) is 27.9 Å². The summed E-state index contributed by atoms with van der Waals surface area (Å²) in [4.78, 5) is 23.3. The molecule has 0 radical (unpaired) electrons. The van der Waals surface area contributed by atoms with Gasteiger partial charge in [-0.2, -0.15) is 8.75 Å². The van der Waals surface area contributed by atoms with Crippen LogP contribution in [0.15, 0.2) is 52.9 Å². The lowest BCUT2D eigenvalue weighted by Gasteiger charge is -2.07. The van der Waals surface area contributed by atoms with E-state index in [2.05, 4.69) is 14.1 Å². The van der Waals surface area contributed by atoms with Crippen LogP contribution in [0.3, 0.4) is 0 Å². The number of hydrogen-bond donors (Lipinski definition) is 1. The monoisotopic (exact) mass is 380 g/mol. The summed E-state index contributed by atoms with van der Waals surface area (Å²) in [6.07, 6.45) is 0. The third-order valence-electron chi connectivity index (χ3n) is 4.07. The summed E-state index contributed by atoms with van der Waals surface area (Å²) in [6, 6.07) is 12.9. The number of anilines is 1. The molecule has 0 bridgehead atoms.